The van der Waals surface area contributed by atoms with Crippen LogP contribution in [0.4, 0.5) is 15.8 Å². The molecule has 9 heteroatoms. The molecule has 0 aromatic heterocycles. The van der Waals surface area contributed by atoms with E-state index in [9.17, 15) is 18.3 Å². The highest BCUT2D eigenvalue weighted by molar-refractivity contribution is 8.24. The Hall–Kier alpha value is -2.20. The van der Waals surface area contributed by atoms with Crippen LogP contribution in [-0.2, 0) is 9.53 Å². The topological polar surface area (TPSA) is 79.2 Å². The van der Waals surface area contributed by atoms with Gasteiger partial charge < -0.3 is 14.4 Å². The van der Waals surface area contributed by atoms with Gasteiger partial charge in [0, 0.05) is 29.5 Å². The Bertz CT molecular complexity index is 1100. The first-order valence-corrected chi connectivity index (χ1v) is 15.9. The predicted molar refractivity (Wildman–Crippen MR) is 156 cm³/mol. The first-order valence-electron chi connectivity index (χ1n) is 13.2. The van der Waals surface area contributed by atoms with E-state index in [0.717, 1.165) is 57.1 Å². The van der Waals surface area contributed by atoms with Gasteiger partial charge in [-0.3, -0.25) is 9.11 Å². The molecule has 0 amide bonds. The second-order valence-electron chi connectivity index (χ2n) is 9.71. The second-order valence-corrected chi connectivity index (χ2v) is 13.1. The average Bonchev–Trinajstić information content (AvgIpc) is 3.01. The second kappa shape index (κ2) is 13.7. The Morgan fingerprint density at radius 1 is 1.13 bits per heavy atom. The Kier molecular flexibility index (Phi) is 11.0. The van der Waals surface area contributed by atoms with Crippen LogP contribution in [0.3, 0.4) is 0 Å². The zero-order chi connectivity index (χ0) is 27.8. The maximum Gasteiger partial charge on any atom is 0.370 e. The fraction of sp³-hybridized carbons (Fsp3) is 0.483. The van der Waals surface area contributed by atoms with Crippen molar-refractivity contribution < 1.29 is 27.8 Å². The quantitative estimate of drug-likeness (QED) is 0.115. The van der Waals surface area contributed by atoms with Gasteiger partial charge in [0.2, 0.25) is 5.83 Å². The maximum atomic E-state index is 14.1. The van der Waals surface area contributed by atoms with Gasteiger partial charge in [0.05, 0.1) is 22.6 Å². The van der Waals surface area contributed by atoms with E-state index >= 15 is 0 Å². The van der Waals surface area contributed by atoms with Gasteiger partial charge in [0.25, 0.3) is 0 Å². The summed E-state index contributed by atoms with van der Waals surface area (Å²) in [6, 6.07) is 13.5. The van der Waals surface area contributed by atoms with Gasteiger partial charge in [0.1, 0.15) is 12.0 Å². The Labute approximate surface area is 231 Å². The molecule has 2 aromatic rings. The number of anilines is 2. The number of para-hydroxylation sites is 1. The van der Waals surface area contributed by atoms with Crippen LogP contribution in [0.25, 0.3) is 0 Å². The largest absolute Gasteiger partial charge is 0.464 e. The van der Waals surface area contributed by atoms with Crippen LogP contribution in [-0.4, -0.2) is 40.2 Å². The van der Waals surface area contributed by atoms with Crippen LogP contribution >= 0.6 is 22.4 Å². The molecular formula is C29H40FNO5S2. The van der Waals surface area contributed by atoms with Gasteiger partial charge >= 0.3 is 5.97 Å². The monoisotopic (exact) mass is 565 g/mol. The Morgan fingerprint density at radius 3 is 2.37 bits per heavy atom. The highest BCUT2D eigenvalue weighted by Gasteiger charge is 2.42. The first kappa shape index (κ1) is 30.3. The SMILES string of the molecule is CCCCC1(CCCC)CN(c2ccccc2)c2cc(SCC)c(O/C=C(\F)C(=O)OC)cc2S(O)(O)C1. The number of carbonyl (C=O) groups excluding carboxylic acids is 1. The van der Waals surface area contributed by atoms with E-state index in [-0.39, 0.29) is 16.9 Å². The molecule has 2 N–H and O–H groups in total. The van der Waals surface area contributed by atoms with Gasteiger partial charge in [-0.1, -0.05) is 64.7 Å². The third kappa shape index (κ3) is 7.25. The predicted octanol–water partition coefficient (Wildman–Crippen LogP) is 8.79. The number of thioether (sulfide) groups is 1. The van der Waals surface area contributed by atoms with E-state index in [1.807, 2.05) is 43.3 Å². The molecule has 3 rings (SSSR count). The molecule has 0 saturated heterocycles. The molecular weight excluding hydrogens is 525 g/mol. The molecule has 0 fully saturated rings. The highest BCUT2D eigenvalue weighted by Crippen LogP contribution is 2.62. The van der Waals surface area contributed by atoms with Crippen LogP contribution in [0.1, 0.15) is 59.3 Å². The molecule has 0 aliphatic carbocycles. The van der Waals surface area contributed by atoms with Crippen molar-refractivity contribution in [3.8, 4) is 5.75 Å². The highest BCUT2D eigenvalue weighted by atomic mass is 32.3. The zero-order valence-corrected chi connectivity index (χ0v) is 24.4. The molecule has 0 radical (unpaired) electrons. The molecule has 0 bridgehead atoms. The van der Waals surface area contributed by atoms with E-state index in [1.165, 1.54) is 11.8 Å². The van der Waals surface area contributed by atoms with Crippen LogP contribution in [0.2, 0.25) is 0 Å². The van der Waals surface area contributed by atoms with Gasteiger partial charge in [-0.2, -0.15) is 15.0 Å². The summed E-state index contributed by atoms with van der Waals surface area (Å²) in [5, 5.41) is 0. The molecule has 6 nitrogen and oxygen atoms in total. The van der Waals surface area contributed by atoms with E-state index in [2.05, 4.69) is 23.5 Å². The summed E-state index contributed by atoms with van der Waals surface area (Å²) in [7, 11) is -2.15. The minimum Gasteiger partial charge on any atom is -0.464 e. The number of hydrogen-bond acceptors (Lipinski definition) is 7. The number of carbonyl (C=O) groups is 1. The molecule has 0 spiro atoms. The van der Waals surface area contributed by atoms with Gasteiger partial charge in [-0.25, -0.2) is 4.79 Å². The molecule has 0 saturated carbocycles. The fourth-order valence-electron chi connectivity index (χ4n) is 4.96. The van der Waals surface area contributed by atoms with Crippen LogP contribution in [0.5, 0.6) is 5.75 Å². The minimum atomic E-state index is -3.24. The number of ether oxygens (including phenoxy) is 2. The summed E-state index contributed by atoms with van der Waals surface area (Å²) in [5.74, 6) is -1.08. The summed E-state index contributed by atoms with van der Waals surface area (Å²) in [6.45, 7) is 6.97. The standard InChI is InChI=1S/C29H40FNO5S2/c1-5-8-15-29(16-9-6-2)20-31(22-13-11-10-12-14-22)24-17-26(37-7-3)25(18-27(24)38(33,34)21-29)36-19-23(30)28(32)35-4/h10-14,17-19,33-34H,5-9,15-16,20-21H2,1-4H3/b23-19-. The summed E-state index contributed by atoms with van der Waals surface area (Å²) in [6.07, 6.45) is 6.55. The maximum absolute atomic E-state index is 14.1. The first-order chi connectivity index (χ1) is 18.2. The van der Waals surface area contributed by atoms with Crippen LogP contribution in [0, 0.1) is 5.41 Å². The zero-order valence-electron chi connectivity index (χ0n) is 22.7. The number of methoxy groups -OCH3 is 1. The molecule has 1 heterocycles. The van der Waals surface area contributed by atoms with Crippen molar-refractivity contribution in [1.82, 2.24) is 0 Å². The molecule has 1 aliphatic heterocycles. The fourth-order valence-corrected chi connectivity index (χ4v) is 7.91. The molecule has 38 heavy (non-hydrogen) atoms. The lowest BCUT2D eigenvalue weighted by Crippen LogP contribution is -2.37. The van der Waals surface area contributed by atoms with E-state index < -0.39 is 22.4 Å². The lowest BCUT2D eigenvalue weighted by molar-refractivity contribution is -0.137. The van der Waals surface area contributed by atoms with Gasteiger partial charge in [0.15, 0.2) is 0 Å². The number of rotatable bonds is 12. The third-order valence-corrected chi connectivity index (χ3v) is 9.79. The summed E-state index contributed by atoms with van der Waals surface area (Å²) in [4.78, 5) is 14.8. The third-order valence-electron chi connectivity index (χ3n) is 6.83. The number of unbranched alkanes of at least 4 members (excludes halogenated alkanes) is 2. The number of halogens is 1. The summed E-state index contributed by atoms with van der Waals surface area (Å²) >= 11 is 1.50. The summed E-state index contributed by atoms with van der Waals surface area (Å²) < 4.78 is 47.6. The average molecular weight is 566 g/mol. The normalized spacial score (nSPS) is 17.3. The van der Waals surface area contributed by atoms with Crippen molar-refractivity contribution in [1.29, 1.82) is 0 Å². The van der Waals surface area contributed by atoms with Gasteiger partial charge in [-0.15, -0.1) is 11.8 Å². The molecule has 0 atom stereocenters. The summed E-state index contributed by atoms with van der Waals surface area (Å²) in [5.41, 5.74) is 1.39. The van der Waals surface area contributed by atoms with E-state index in [0.29, 0.717) is 28.3 Å². The van der Waals surface area contributed by atoms with Crippen molar-refractivity contribution in [3.05, 3.63) is 54.6 Å². The number of benzene rings is 2. The molecule has 1 aliphatic rings. The van der Waals surface area contributed by atoms with E-state index in [1.54, 1.807) is 6.07 Å². The molecule has 2 aromatic carbocycles. The van der Waals surface area contributed by atoms with Gasteiger partial charge in [-0.05, 0) is 36.8 Å². The molecule has 0 unspecified atom stereocenters. The number of fused-ring (bicyclic) bond motifs is 1. The Morgan fingerprint density at radius 2 is 1.79 bits per heavy atom. The van der Waals surface area contributed by atoms with E-state index in [4.69, 9.17) is 4.74 Å². The lowest BCUT2D eigenvalue weighted by atomic mass is 9.79. The van der Waals surface area contributed by atoms with Crippen molar-refractivity contribution in [2.24, 2.45) is 5.41 Å². The lowest BCUT2D eigenvalue weighted by Gasteiger charge is -2.42. The Balaban J connectivity index is 2.22. The molecule has 210 valence electrons. The number of nitrogens with zero attached hydrogens (tertiary/aromatic N) is 1. The van der Waals surface area contributed by atoms with Crippen molar-refractivity contribution in [2.75, 3.05) is 30.1 Å². The smallest absolute Gasteiger partial charge is 0.370 e. The number of esters is 1. The van der Waals surface area contributed by atoms with Crippen molar-refractivity contribution >= 4 is 39.7 Å². The minimum absolute atomic E-state index is 0.252. The number of hydrogen-bond donors (Lipinski definition) is 2. The van der Waals surface area contributed by atoms with Crippen molar-refractivity contribution in [2.45, 2.75) is 69.1 Å². The van der Waals surface area contributed by atoms with Crippen LogP contribution < -0.4 is 9.64 Å². The van der Waals surface area contributed by atoms with Crippen molar-refractivity contribution in [3.63, 3.8) is 0 Å². The van der Waals surface area contributed by atoms with Crippen LogP contribution in [0.15, 0.2) is 64.3 Å².